The summed E-state index contributed by atoms with van der Waals surface area (Å²) >= 11 is 0. The highest BCUT2D eigenvalue weighted by molar-refractivity contribution is 5.63. The molecule has 176 valence electrons. The number of fused-ring (bicyclic) bond motifs is 1. The summed E-state index contributed by atoms with van der Waals surface area (Å²) < 4.78 is 1.93. The van der Waals surface area contributed by atoms with E-state index in [1.807, 2.05) is 23.0 Å². The number of piperidine rings is 1. The molecule has 3 aromatic heterocycles. The van der Waals surface area contributed by atoms with Crippen LogP contribution in [0.1, 0.15) is 43.7 Å². The van der Waals surface area contributed by atoms with E-state index < -0.39 is 0 Å². The van der Waals surface area contributed by atoms with Gasteiger partial charge in [0.25, 0.3) is 0 Å². The molecular formula is C27H33N7. The second-order valence-corrected chi connectivity index (χ2v) is 9.38. The fourth-order valence-corrected chi connectivity index (χ4v) is 4.48. The molecule has 1 fully saturated rings. The average Bonchev–Trinajstić information content (AvgIpc) is 3.32. The van der Waals surface area contributed by atoms with Crippen LogP contribution in [0.2, 0.25) is 0 Å². The third kappa shape index (κ3) is 5.04. The molecule has 3 N–H and O–H groups in total. The molecule has 7 nitrogen and oxygen atoms in total. The van der Waals surface area contributed by atoms with E-state index in [4.69, 9.17) is 4.98 Å². The summed E-state index contributed by atoms with van der Waals surface area (Å²) in [5.41, 5.74) is 5.58. The van der Waals surface area contributed by atoms with E-state index >= 15 is 0 Å². The van der Waals surface area contributed by atoms with Gasteiger partial charge in [0.05, 0.1) is 6.20 Å². The minimum atomic E-state index is 0.359. The summed E-state index contributed by atoms with van der Waals surface area (Å²) in [6.07, 6.45) is 8.05. The highest BCUT2D eigenvalue weighted by Gasteiger charge is 2.16. The van der Waals surface area contributed by atoms with Crippen molar-refractivity contribution in [2.75, 3.05) is 30.3 Å². The van der Waals surface area contributed by atoms with Gasteiger partial charge >= 0.3 is 0 Å². The molecule has 1 aliphatic rings. The van der Waals surface area contributed by atoms with Gasteiger partial charge in [-0.15, -0.1) is 0 Å². The van der Waals surface area contributed by atoms with Crippen molar-refractivity contribution >= 4 is 17.3 Å². The largest absolute Gasteiger partial charge is 0.370 e. The minimum absolute atomic E-state index is 0.359. The number of hydrogen-bond donors (Lipinski definition) is 3. The summed E-state index contributed by atoms with van der Waals surface area (Å²) in [4.78, 5) is 9.15. The van der Waals surface area contributed by atoms with Crippen LogP contribution in [-0.2, 0) is 6.54 Å². The van der Waals surface area contributed by atoms with Crippen LogP contribution in [0.4, 0.5) is 11.6 Å². The molecule has 1 saturated heterocycles. The van der Waals surface area contributed by atoms with Gasteiger partial charge in [0.15, 0.2) is 5.65 Å². The first-order chi connectivity index (χ1) is 16.7. The van der Waals surface area contributed by atoms with Gasteiger partial charge in [0.1, 0.15) is 11.6 Å². The molecule has 7 heteroatoms. The van der Waals surface area contributed by atoms with Crippen molar-refractivity contribution in [2.45, 2.75) is 39.2 Å². The summed E-state index contributed by atoms with van der Waals surface area (Å²) in [6.45, 7) is 8.23. The number of nitrogens with one attached hydrogen (secondary N) is 3. The zero-order chi connectivity index (χ0) is 23.3. The van der Waals surface area contributed by atoms with Crippen LogP contribution in [0.15, 0.2) is 61.1 Å². The third-order valence-corrected chi connectivity index (χ3v) is 6.57. The van der Waals surface area contributed by atoms with Crippen molar-refractivity contribution in [3.8, 4) is 11.1 Å². The molecule has 5 rings (SSSR count). The Morgan fingerprint density at radius 3 is 2.59 bits per heavy atom. The van der Waals surface area contributed by atoms with Crippen LogP contribution in [0.5, 0.6) is 0 Å². The topological polar surface area (TPSA) is 79.2 Å². The molecule has 0 bridgehead atoms. The molecule has 0 unspecified atom stereocenters. The SMILES string of the molecule is CC(C)c1cnn2c(NCc3ccc(-c4cccnc4)cc3)cc(NCC3CCNCC3)nc12. The van der Waals surface area contributed by atoms with Gasteiger partial charge in [-0.2, -0.15) is 9.61 Å². The fourth-order valence-electron chi connectivity index (χ4n) is 4.48. The lowest BCUT2D eigenvalue weighted by atomic mass is 9.98. The highest BCUT2D eigenvalue weighted by atomic mass is 15.3. The first kappa shape index (κ1) is 22.3. The predicted molar refractivity (Wildman–Crippen MR) is 138 cm³/mol. The monoisotopic (exact) mass is 455 g/mol. The molecule has 0 spiro atoms. The van der Waals surface area contributed by atoms with Crippen LogP contribution >= 0.6 is 0 Å². The van der Waals surface area contributed by atoms with Crippen LogP contribution in [0.3, 0.4) is 0 Å². The summed E-state index contributed by atoms with van der Waals surface area (Å²) in [7, 11) is 0. The van der Waals surface area contributed by atoms with Gasteiger partial charge in [-0.05, 0) is 60.5 Å². The Labute approximate surface area is 201 Å². The minimum Gasteiger partial charge on any atom is -0.370 e. The van der Waals surface area contributed by atoms with Crippen molar-refractivity contribution in [1.82, 2.24) is 24.9 Å². The third-order valence-electron chi connectivity index (χ3n) is 6.57. The zero-order valence-corrected chi connectivity index (χ0v) is 20.0. The number of rotatable bonds is 8. The van der Waals surface area contributed by atoms with E-state index in [1.165, 1.54) is 24.0 Å². The molecular weight excluding hydrogens is 422 g/mol. The maximum atomic E-state index is 4.93. The quantitative estimate of drug-likeness (QED) is 0.349. The van der Waals surface area contributed by atoms with Gasteiger partial charge in [-0.1, -0.05) is 44.2 Å². The van der Waals surface area contributed by atoms with E-state index in [1.54, 1.807) is 6.20 Å². The van der Waals surface area contributed by atoms with E-state index in [9.17, 15) is 0 Å². The zero-order valence-electron chi connectivity index (χ0n) is 20.0. The number of benzene rings is 1. The number of nitrogens with zero attached hydrogens (tertiary/aromatic N) is 4. The van der Waals surface area contributed by atoms with Gasteiger partial charge in [0, 0.05) is 37.1 Å². The molecule has 0 aliphatic carbocycles. The Morgan fingerprint density at radius 2 is 1.85 bits per heavy atom. The Hall–Kier alpha value is -3.45. The first-order valence-corrected chi connectivity index (χ1v) is 12.2. The van der Waals surface area contributed by atoms with Crippen molar-refractivity contribution < 1.29 is 0 Å². The van der Waals surface area contributed by atoms with Crippen molar-refractivity contribution in [1.29, 1.82) is 0 Å². The van der Waals surface area contributed by atoms with Crippen LogP contribution in [0, 0.1) is 5.92 Å². The fraction of sp³-hybridized carbons (Fsp3) is 0.370. The second-order valence-electron chi connectivity index (χ2n) is 9.38. The maximum Gasteiger partial charge on any atom is 0.163 e. The van der Waals surface area contributed by atoms with E-state index in [2.05, 4.69) is 76.3 Å². The molecule has 0 radical (unpaired) electrons. The molecule has 4 aromatic rings. The summed E-state index contributed by atoms with van der Waals surface area (Å²) in [6, 6.07) is 14.7. The molecule has 4 heterocycles. The van der Waals surface area contributed by atoms with Crippen molar-refractivity contribution in [2.24, 2.45) is 5.92 Å². The lowest BCUT2D eigenvalue weighted by Gasteiger charge is -2.23. The summed E-state index contributed by atoms with van der Waals surface area (Å²) in [5, 5.41) is 15.3. The Morgan fingerprint density at radius 1 is 1.03 bits per heavy atom. The summed E-state index contributed by atoms with van der Waals surface area (Å²) in [5.74, 6) is 2.89. The van der Waals surface area contributed by atoms with Gasteiger partial charge in [-0.25, -0.2) is 4.98 Å². The average molecular weight is 456 g/mol. The van der Waals surface area contributed by atoms with Crippen LogP contribution in [-0.4, -0.2) is 39.2 Å². The molecule has 0 amide bonds. The highest BCUT2D eigenvalue weighted by Crippen LogP contribution is 2.25. The van der Waals surface area contributed by atoms with Gasteiger partial charge in [0.2, 0.25) is 0 Å². The lowest BCUT2D eigenvalue weighted by Crippen LogP contribution is -2.31. The molecule has 1 aliphatic heterocycles. The Kier molecular flexibility index (Phi) is 6.72. The van der Waals surface area contributed by atoms with Crippen LogP contribution < -0.4 is 16.0 Å². The van der Waals surface area contributed by atoms with E-state index in [0.717, 1.165) is 48.0 Å². The maximum absolute atomic E-state index is 4.93. The molecule has 34 heavy (non-hydrogen) atoms. The van der Waals surface area contributed by atoms with Crippen LogP contribution in [0.25, 0.3) is 16.8 Å². The lowest BCUT2D eigenvalue weighted by molar-refractivity contribution is 0.389. The number of hydrogen-bond acceptors (Lipinski definition) is 6. The van der Waals surface area contributed by atoms with Crippen molar-refractivity contribution in [3.05, 3.63) is 72.2 Å². The molecule has 1 aromatic carbocycles. The normalized spacial score (nSPS) is 14.6. The number of anilines is 2. The van der Waals surface area contributed by atoms with E-state index in [0.29, 0.717) is 18.4 Å². The Bertz CT molecular complexity index is 1210. The second kappa shape index (κ2) is 10.2. The van der Waals surface area contributed by atoms with Gasteiger partial charge < -0.3 is 16.0 Å². The smallest absolute Gasteiger partial charge is 0.163 e. The Balaban J connectivity index is 1.34. The molecule has 0 saturated carbocycles. The number of aromatic nitrogens is 4. The standard InChI is InChI=1S/C27H33N7/c1-19(2)24-18-32-34-26(14-25(33-27(24)34)30-15-21-9-12-28-13-10-21)31-16-20-5-7-22(8-6-20)23-4-3-11-29-17-23/h3-8,11,14,17-19,21,28,31H,9-10,12-13,15-16H2,1-2H3,(H,30,33). The van der Waals surface area contributed by atoms with Gasteiger partial charge in [-0.3, -0.25) is 4.98 Å². The van der Waals surface area contributed by atoms with E-state index in [-0.39, 0.29) is 0 Å². The predicted octanol–water partition coefficient (Wildman–Crippen LogP) is 4.94. The van der Waals surface area contributed by atoms with Crippen molar-refractivity contribution in [3.63, 3.8) is 0 Å². The number of pyridine rings is 1. The molecule has 0 atom stereocenters. The first-order valence-electron chi connectivity index (χ1n) is 12.2.